The first-order chi connectivity index (χ1) is 7.56. The predicted octanol–water partition coefficient (Wildman–Crippen LogP) is -1.58. The average Bonchev–Trinajstić information content (AvgIpc) is 2.60. The van der Waals surface area contributed by atoms with Gasteiger partial charge in [-0.25, -0.2) is 4.79 Å². The Bertz CT molecular complexity index is 622. The minimum absolute atomic E-state index is 0.185. The van der Waals surface area contributed by atoms with Gasteiger partial charge in [0.05, 0.1) is 13.6 Å². The van der Waals surface area contributed by atoms with Crippen molar-refractivity contribution in [3.63, 3.8) is 0 Å². The summed E-state index contributed by atoms with van der Waals surface area (Å²) in [5, 5.41) is 11.3. The van der Waals surface area contributed by atoms with E-state index in [2.05, 4.69) is 20.4 Å². The number of hydrogen-bond donors (Lipinski definition) is 1. The van der Waals surface area contributed by atoms with Gasteiger partial charge in [0, 0.05) is 11.8 Å². The molecule has 0 atom stereocenters. The van der Waals surface area contributed by atoms with Gasteiger partial charge in [0.25, 0.3) is 5.56 Å². The number of hydrogen-bond acceptors (Lipinski definition) is 5. The molecule has 0 aliphatic rings. The van der Waals surface area contributed by atoms with Crippen LogP contribution in [0.1, 0.15) is 11.4 Å². The van der Waals surface area contributed by atoms with Crippen LogP contribution in [0.5, 0.6) is 0 Å². The van der Waals surface area contributed by atoms with Gasteiger partial charge >= 0.3 is 5.69 Å². The summed E-state index contributed by atoms with van der Waals surface area (Å²) in [5.41, 5.74) is -0.403. The monoisotopic (exact) mass is 222 g/mol. The first kappa shape index (κ1) is 10.3. The molecule has 84 valence electrons. The van der Waals surface area contributed by atoms with Crippen molar-refractivity contribution in [3.05, 3.63) is 38.4 Å². The Morgan fingerprint density at radius 2 is 2.19 bits per heavy atom. The fourth-order valence-electron chi connectivity index (χ4n) is 1.27. The zero-order valence-electron chi connectivity index (χ0n) is 8.84. The van der Waals surface area contributed by atoms with Gasteiger partial charge in [0.2, 0.25) is 0 Å². The van der Waals surface area contributed by atoms with Crippen molar-refractivity contribution in [1.29, 1.82) is 0 Å². The second-order valence-electron chi connectivity index (χ2n) is 3.39. The molecule has 0 unspecified atom stereocenters. The molecule has 0 aliphatic carbocycles. The van der Waals surface area contributed by atoms with Gasteiger partial charge in [-0.2, -0.15) is 4.80 Å². The molecule has 0 aliphatic heterocycles. The third-order valence-electron chi connectivity index (χ3n) is 2.05. The van der Waals surface area contributed by atoms with E-state index in [9.17, 15) is 9.59 Å². The van der Waals surface area contributed by atoms with E-state index in [1.54, 1.807) is 14.0 Å². The molecule has 2 aromatic heterocycles. The highest BCUT2D eigenvalue weighted by Gasteiger charge is 2.05. The highest BCUT2D eigenvalue weighted by Crippen LogP contribution is 1.90. The maximum absolute atomic E-state index is 11.4. The topological polar surface area (TPSA) is 98.5 Å². The van der Waals surface area contributed by atoms with Crippen LogP contribution < -0.4 is 11.2 Å². The minimum atomic E-state index is -0.483. The number of aromatic nitrogens is 6. The van der Waals surface area contributed by atoms with Crippen LogP contribution in [0.4, 0.5) is 0 Å². The van der Waals surface area contributed by atoms with Crippen molar-refractivity contribution < 1.29 is 0 Å². The minimum Gasteiger partial charge on any atom is -0.293 e. The first-order valence-corrected chi connectivity index (χ1v) is 4.59. The Morgan fingerprint density at radius 3 is 2.81 bits per heavy atom. The summed E-state index contributed by atoms with van der Waals surface area (Å²) < 4.78 is 1.33. The van der Waals surface area contributed by atoms with E-state index in [4.69, 9.17) is 0 Å². The molecular weight excluding hydrogens is 212 g/mol. The van der Waals surface area contributed by atoms with Crippen molar-refractivity contribution in [2.75, 3.05) is 0 Å². The quantitative estimate of drug-likeness (QED) is 0.661. The molecule has 0 spiro atoms. The average molecular weight is 222 g/mol. The zero-order valence-corrected chi connectivity index (χ0v) is 8.84. The van der Waals surface area contributed by atoms with E-state index in [1.165, 1.54) is 15.6 Å². The summed E-state index contributed by atoms with van der Waals surface area (Å²) in [4.78, 5) is 26.1. The van der Waals surface area contributed by atoms with Crippen molar-refractivity contribution in [2.45, 2.75) is 13.5 Å². The molecule has 8 heteroatoms. The lowest BCUT2D eigenvalue weighted by Crippen LogP contribution is -2.31. The number of nitrogens with zero attached hydrogens (tertiary/aromatic N) is 5. The molecule has 0 aromatic carbocycles. The van der Waals surface area contributed by atoms with Gasteiger partial charge in [0.15, 0.2) is 5.82 Å². The molecular formula is C8H10N6O2. The zero-order chi connectivity index (χ0) is 11.7. The van der Waals surface area contributed by atoms with Crippen LogP contribution in [0, 0.1) is 6.92 Å². The van der Waals surface area contributed by atoms with Gasteiger partial charge in [-0.15, -0.1) is 10.2 Å². The molecule has 16 heavy (non-hydrogen) atoms. The van der Waals surface area contributed by atoms with E-state index in [0.717, 1.165) is 0 Å². The van der Waals surface area contributed by atoms with Crippen molar-refractivity contribution in [3.8, 4) is 0 Å². The standard InChI is InChI=1S/C8H10N6O2/c1-5-3-14(8(16)9-7(5)15)4-6-10-12-13(2)11-6/h3H,4H2,1-2H3,(H,9,15,16). The lowest BCUT2D eigenvalue weighted by atomic mass is 10.4. The van der Waals surface area contributed by atoms with Crippen LogP contribution in [0.2, 0.25) is 0 Å². The van der Waals surface area contributed by atoms with Crippen LogP contribution in [0.25, 0.3) is 0 Å². The van der Waals surface area contributed by atoms with Crippen LogP contribution in [-0.4, -0.2) is 29.8 Å². The molecule has 2 heterocycles. The lowest BCUT2D eigenvalue weighted by Gasteiger charge is -2.01. The van der Waals surface area contributed by atoms with Crippen molar-refractivity contribution >= 4 is 0 Å². The predicted molar refractivity (Wildman–Crippen MR) is 54.0 cm³/mol. The van der Waals surface area contributed by atoms with Crippen molar-refractivity contribution in [1.82, 2.24) is 29.8 Å². The Labute approximate surface area is 89.5 Å². The number of tetrazole rings is 1. The summed E-state index contributed by atoms with van der Waals surface area (Å²) >= 11 is 0. The van der Waals surface area contributed by atoms with E-state index >= 15 is 0 Å². The fourth-order valence-corrected chi connectivity index (χ4v) is 1.27. The van der Waals surface area contributed by atoms with Gasteiger partial charge in [0.1, 0.15) is 0 Å². The largest absolute Gasteiger partial charge is 0.328 e. The number of rotatable bonds is 2. The molecule has 0 amide bonds. The van der Waals surface area contributed by atoms with Crippen molar-refractivity contribution in [2.24, 2.45) is 7.05 Å². The molecule has 2 aromatic rings. The maximum Gasteiger partial charge on any atom is 0.328 e. The normalized spacial score (nSPS) is 10.6. The molecule has 1 N–H and O–H groups in total. The SMILES string of the molecule is Cc1cn(Cc2nnn(C)n2)c(=O)[nH]c1=O. The van der Waals surface area contributed by atoms with Gasteiger partial charge in [-0.05, 0) is 12.1 Å². The van der Waals surface area contributed by atoms with E-state index in [-0.39, 0.29) is 12.1 Å². The fraction of sp³-hybridized carbons (Fsp3) is 0.375. The molecule has 0 fully saturated rings. The Kier molecular flexibility index (Phi) is 2.39. The number of nitrogens with one attached hydrogen (secondary N) is 1. The van der Waals surface area contributed by atoms with Crippen LogP contribution >= 0.6 is 0 Å². The smallest absolute Gasteiger partial charge is 0.293 e. The van der Waals surface area contributed by atoms with E-state index < -0.39 is 5.69 Å². The second kappa shape index (κ2) is 3.72. The van der Waals surface area contributed by atoms with Crippen LogP contribution in [0.15, 0.2) is 15.8 Å². The molecule has 2 rings (SSSR count). The second-order valence-corrected chi connectivity index (χ2v) is 3.39. The summed E-state index contributed by atoms with van der Waals surface area (Å²) in [6.45, 7) is 1.81. The molecule has 8 nitrogen and oxygen atoms in total. The van der Waals surface area contributed by atoms with Gasteiger partial charge in [-0.1, -0.05) is 0 Å². The van der Waals surface area contributed by atoms with Gasteiger partial charge < -0.3 is 0 Å². The number of aromatic amines is 1. The third kappa shape index (κ3) is 1.90. The Balaban J connectivity index is 2.39. The van der Waals surface area contributed by atoms with E-state index in [0.29, 0.717) is 11.4 Å². The molecule has 0 saturated heterocycles. The third-order valence-corrected chi connectivity index (χ3v) is 2.05. The summed E-state index contributed by atoms with van der Waals surface area (Å²) in [7, 11) is 1.64. The Morgan fingerprint density at radius 1 is 1.44 bits per heavy atom. The molecule has 0 radical (unpaired) electrons. The highest BCUT2D eigenvalue weighted by molar-refractivity contribution is 5.01. The summed E-state index contributed by atoms with van der Waals surface area (Å²) in [6, 6.07) is 0. The number of aryl methyl sites for hydroxylation is 2. The Hall–Kier alpha value is -2.25. The molecule has 0 saturated carbocycles. The van der Waals surface area contributed by atoms with E-state index in [1.807, 2.05) is 0 Å². The molecule has 0 bridgehead atoms. The summed E-state index contributed by atoms with van der Waals surface area (Å²) in [5.74, 6) is 0.413. The van der Waals surface area contributed by atoms with Crippen LogP contribution in [-0.2, 0) is 13.6 Å². The number of H-pyrrole nitrogens is 1. The summed E-state index contributed by atoms with van der Waals surface area (Å²) in [6.07, 6.45) is 1.47. The highest BCUT2D eigenvalue weighted by atomic mass is 16.2. The van der Waals surface area contributed by atoms with Crippen LogP contribution in [0.3, 0.4) is 0 Å². The maximum atomic E-state index is 11.4. The van der Waals surface area contributed by atoms with Gasteiger partial charge in [-0.3, -0.25) is 14.3 Å². The first-order valence-electron chi connectivity index (χ1n) is 4.59. The lowest BCUT2D eigenvalue weighted by molar-refractivity contribution is 0.622.